The van der Waals surface area contributed by atoms with Crippen LogP contribution in [-0.4, -0.2) is 54.8 Å². The Kier molecular flexibility index (Phi) is 5.27. The lowest BCUT2D eigenvalue weighted by atomic mass is 9.68. The number of nitrogens with zero attached hydrogens (tertiary/aromatic N) is 1. The zero-order valence-electron chi connectivity index (χ0n) is 14.6. The number of amides is 1. The predicted molar refractivity (Wildman–Crippen MR) is 91.7 cm³/mol. The van der Waals surface area contributed by atoms with Crippen LogP contribution in [0.15, 0.2) is 24.3 Å². The van der Waals surface area contributed by atoms with Gasteiger partial charge in [0.2, 0.25) is 5.91 Å². The van der Waals surface area contributed by atoms with Gasteiger partial charge in [-0.05, 0) is 30.5 Å². The third kappa shape index (κ3) is 3.49. The van der Waals surface area contributed by atoms with Crippen molar-refractivity contribution < 1.29 is 24.2 Å². The molecule has 1 aromatic rings. The van der Waals surface area contributed by atoms with Crippen molar-refractivity contribution >= 4 is 11.9 Å². The van der Waals surface area contributed by atoms with Gasteiger partial charge < -0.3 is 19.5 Å². The van der Waals surface area contributed by atoms with Crippen LogP contribution in [-0.2, 0) is 19.7 Å². The zero-order valence-corrected chi connectivity index (χ0v) is 14.6. The summed E-state index contributed by atoms with van der Waals surface area (Å²) >= 11 is 0. The molecule has 0 spiro atoms. The van der Waals surface area contributed by atoms with Crippen molar-refractivity contribution in [2.45, 2.75) is 43.6 Å². The molecule has 2 fully saturated rings. The molecule has 1 N–H and O–H groups in total. The maximum Gasteiger partial charge on any atom is 0.334 e. The van der Waals surface area contributed by atoms with Crippen LogP contribution < -0.4 is 4.74 Å². The van der Waals surface area contributed by atoms with Crippen LogP contribution in [0.3, 0.4) is 0 Å². The first-order valence-corrected chi connectivity index (χ1v) is 8.85. The second-order valence-corrected chi connectivity index (χ2v) is 6.82. The van der Waals surface area contributed by atoms with Crippen molar-refractivity contribution in [2.24, 2.45) is 0 Å². The normalized spacial score (nSPS) is 23.1. The van der Waals surface area contributed by atoms with Crippen LogP contribution in [0.2, 0.25) is 0 Å². The molecule has 1 aliphatic carbocycles. The molecule has 1 saturated carbocycles. The summed E-state index contributed by atoms with van der Waals surface area (Å²) in [6, 6.07) is 7.71. The molecule has 0 radical (unpaired) electrons. The van der Waals surface area contributed by atoms with E-state index in [0.717, 1.165) is 43.4 Å². The Balaban J connectivity index is 1.88. The molecule has 1 atom stereocenters. The summed E-state index contributed by atoms with van der Waals surface area (Å²) in [6.07, 6.45) is 3.80. The number of ether oxygens (including phenoxy) is 2. The number of carbonyl (C=O) groups excluding carboxylic acids is 1. The molecule has 1 aliphatic heterocycles. The molecule has 3 rings (SSSR count). The number of carboxylic acid groups (broad SMARTS) is 1. The summed E-state index contributed by atoms with van der Waals surface area (Å²) in [4.78, 5) is 26.4. The Morgan fingerprint density at radius 3 is 2.48 bits per heavy atom. The van der Waals surface area contributed by atoms with Gasteiger partial charge >= 0.3 is 5.97 Å². The van der Waals surface area contributed by atoms with E-state index in [0.29, 0.717) is 6.54 Å². The number of aliphatic carboxylic acids is 1. The highest BCUT2D eigenvalue weighted by Crippen LogP contribution is 2.41. The summed E-state index contributed by atoms with van der Waals surface area (Å²) in [6.45, 7) is 0.827. The fourth-order valence-electron chi connectivity index (χ4n) is 3.98. The zero-order chi connectivity index (χ0) is 17.9. The first-order chi connectivity index (χ1) is 12.1. The Hall–Kier alpha value is -2.08. The minimum atomic E-state index is -1.01. The van der Waals surface area contributed by atoms with E-state index in [1.54, 1.807) is 12.0 Å². The van der Waals surface area contributed by atoms with Crippen LogP contribution >= 0.6 is 0 Å². The summed E-state index contributed by atoms with van der Waals surface area (Å²) < 4.78 is 10.5. The average Bonchev–Trinajstić information content (AvgIpc) is 2.68. The van der Waals surface area contributed by atoms with Crippen molar-refractivity contribution in [2.75, 3.05) is 26.8 Å². The van der Waals surface area contributed by atoms with Gasteiger partial charge in [-0.15, -0.1) is 0 Å². The van der Waals surface area contributed by atoms with E-state index in [4.69, 9.17) is 9.47 Å². The second kappa shape index (κ2) is 7.44. The maximum absolute atomic E-state index is 13.4. The number of carboxylic acids is 1. The number of hydrogen-bond donors (Lipinski definition) is 1. The lowest BCUT2D eigenvalue weighted by Gasteiger charge is -2.42. The van der Waals surface area contributed by atoms with E-state index in [9.17, 15) is 14.7 Å². The molecule has 2 aliphatic rings. The third-order valence-electron chi connectivity index (χ3n) is 5.39. The van der Waals surface area contributed by atoms with Gasteiger partial charge in [0, 0.05) is 6.54 Å². The Morgan fingerprint density at radius 2 is 1.88 bits per heavy atom. The minimum Gasteiger partial charge on any atom is -0.497 e. The SMILES string of the molecule is COc1ccc(C2(C(=O)N3CCO[C@H](C(=O)O)C3)CCCCC2)cc1. The van der Waals surface area contributed by atoms with Gasteiger partial charge in [0.05, 0.1) is 25.7 Å². The van der Waals surface area contributed by atoms with Gasteiger partial charge in [0.15, 0.2) is 6.10 Å². The first-order valence-electron chi connectivity index (χ1n) is 8.85. The van der Waals surface area contributed by atoms with E-state index >= 15 is 0 Å². The highest BCUT2D eigenvalue weighted by Gasteiger charge is 2.45. The topological polar surface area (TPSA) is 76.1 Å². The van der Waals surface area contributed by atoms with Crippen molar-refractivity contribution in [1.82, 2.24) is 4.90 Å². The van der Waals surface area contributed by atoms with Crippen LogP contribution in [0.5, 0.6) is 5.75 Å². The Labute approximate surface area is 147 Å². The molecule has 0 aromatic heterocycles. The molecule has 1 aromatic carbocycles. The third-order valence-corrected chi connectivity index (χ3v) is 5.39. The molecular weight excluding hydrogens is 322 g/mol. The fourth-order valence-corrected chi connectivity index (χ4v) is 3.98. The van der Waals surface area contributed by atoms with E-state index < -0.39 is 17.5 Å². The van der Waals surface area contributed by atoms with Gasteiger partial charge in [-0.2, -0.15) is 0 Å². The number of hydrogen-bond acceptors (Lipinski definition) is 4. The van der Waals surface area contributed by atoms with Crippen molar-refractivity contribution in [3.05, 3.63) is 29.8 Å². The molecule has 136 valence electrons. The van der Waals surface area contributed by atoms with Gasteiger partial charge in [-0.1, -0.05) is 31.4 Å². The van der Waals surface area contributed by atoms with Gasteiger partial charge in [0.25, 0.3) is 0 Å². The van der Waals surface area contributed by atoms with Crippen LogP contribution in [0.4, 0.5) is 0 Å². The molecule has 0 unspecified atom stereocenters. The molecule has 1 saturated heterocycles. The van der Waals surface area contributed by atoms with E-state index in [-0.39, 0.29) is 19.1 Å². The highest BCUT2D eigenvalue weighted by atomic mass is 16.5. The quantitative estimate of drug-likeness (QED) is 0.904. The fraction of sp³-hybridized carbons (Fsp3) is 0.579. The van der Waals surface area contributed by atoms with Crippen LogP contribution in [0.1, 0.15) is 37.7 Å². The molecular formula is C19H25NO5. The van der Waals surface area contributed by atoms with Gasteiger partial charge in [-0.3, -0.25) is 4.79 Å². The molecule has 1 heterocycles. The summed E-state index contributed by atoms with van der Waals surface area (Å²) in [5.74, 6) is -0.217. The summed E-state index contributed by atoms with van der Waals surface area (Å²) in [5.41, 5.74) is 0.432. The molecule has 0 bridgehead atoms. The molecule has 6 nitrogen and oxygen atoms in total. The number of benzene rings is 1. The highest BCUT2D eigenvalue weighted by molar-refractivity contribution is 5.89. The maximum atomic E-state index is 13.4. The van der Waals surface area contributed by atoms with Crippen LogP contribution in [0.25, 0.3) is 0 Å². The predicted octanol–water partition coefficient (Wildman–Crippen LogP) is 2.21. The monoisotopic (exact) mass is 347 g/mol. The lowest BCUT2D eigenvalue weighted by molar-refractivity contribution is -0.161. The van der Waals surface area contributed by atoms with Crippen molar-refractivity contribution in [3.63, 3.8) is 0 Å². The number of rotatable bonds is 4. The Morgan fingerprint density at radius 1 is 1.20 bits per heavy atom. The lowest BCUT2D eigenvalue weighted by Crippen LogP contribution is -2.55. The molecule has 1 amide bonds. The first kappa shape index (κ1) is 17.7. The molecule has 25 heavy (non-hydrogen) atoms. The second-order valence-electron chi connectivity index (χ2n) is 6.82. The van der Waals surface area contributed by atoms with E-state index in [2.05, 4.69) is 0 Å². The number of carbonyl (C=O) groups is 2. The molecule has 6 heteroatoms. The van der Waals surface area contributed by atoms with E-state index in [1.165, 1.54) is 0 Å². The summed E-state index contributed by atoms with van der Waals surface area (Å²) in [5, 5.41) is 9.21. The summed E-state index contributed by atoms with van der Waals surface area (Å²) in [7, 11) is 1.62. The smallest absolute Gasteiger partial charge is 0.334 e. The largest absolute Gasteiger partial charge is 0.497 e. The van der Waals surface area contributed by atoms with Gasteiger partial charge in [-0.25, -0.2) is 4.79 Å². The number of methoxy groups -OCH3 is 1. The van der Waals surface area contributed by atoms with Crippen LogP contribution in [0, 0.1) is 0 Å². The minimum absolute atomic E-state index is 0.0342. The standard InChI is InChI=1S/C19H25NO5/c1-24-15-7-5-14(6-8-15)19(9-3-2-4-10-19)18(23)20-11-12-25-16(13-20)17(21)22/h5-8,16H,2-4,9-13H2,1H3,(H,21,22)/t16-/m0/s1. The number of morpholine rings is 1. The van der Waals surface area contributed by atoms with Crippen molar-refractivity contribution in [1.29, 1.82) is 0 Å². The average molecular weight is 347 g/mol. The Bertz CT molecular complexity index is 621. The van der Waals surface area contributed by atoms with Gasteiger partial charge in [0.1, 0.15) is 5.75 Å². The van der Waals surface area contributed by atoms with Crippen molar-refractivity contribution in [3.8, 4) is 5.75 Å². The van der Waals surface area contributed by atoms with E-state index in [1.807, 2.05) is 24.3 Å².